The van der Waals surface area contributed by atoms with E-state index in [9.17, 15) is 0 Å². The van der Waals surface area contributed by atoms with Gasteiger partial charge in [0.25, 0.3) is 0 Å². The average Bonchev–Trinajstić information content (AvgIpc) is 4.01. The maximum absolute atomic E-state index is 6.15. The van der Waals surface area contributed by atoms with Gasteiger partial charge in [0.05, 0.1) is 22.1 Å². The Bertz CT molecular complexity index is 3860. The van der Waals surface area contributed by atoms with Crippen molar-refractivity contribution in [3.8, 4) is 56.7 Å². The van der Waals surface area contributed by atoms with Gasteiger partial charge in [0.1, 0.15) is 11.1 Å². The van der Waals surface area contributed by atoms with Crippen LogP contribution in [-0.4, -0.2) is 29.1 Å². The number of para-hydroxylation sites is 2. The standard InChI is InChI=1S/C56H34N6O/c1-3-13-35(14-4-1)54-58-55(36-15-5-2-6-16-36)60-56(59-54)62-48-22-10-8-20-43(48)45-32-39(25-28-49(45)62)37-17-11-18-38(31-37)40-24-27-44-42-19-7-9-21-47(42)61(50(44)33-40)41-26-29-51-46(34-41)53-52(63-51)23-12-30-57-53/h1-34H. The van der Waals surface area contributed by atoms with Gasteiger partial charge in [-0.1, -0.05) is 133 Å². The molecule has 7 heteroatoms. The lowest BCUT2D eigenvalue weighted by Gasteiger charge is -2.11. The summed E-state index contributed by atoms with van der Waals surface area (Å²) in [6.45, 7) is 0. The van der Waals surface area contributed by atoms with Crippen molar-refractivity contribution in [1.82, 2.24) is 29.1 Å². The van der Waals surface area contributed by atoms with Crippen molar-refractivity contribution in [3.05, 3.63) is 206 Å². The van der Waals surface area contributed by atoms with Gasteiger partial charge < -0.3 is 8.98 Å². The van der Waals surface area contributed by atoms with E-state index in [0.717, 1.165) is 94.0 Å². The van der Waals surface area contributed by atoms with E-state index in [1.165, 1.54) is 10.8 Å². The molecule has 5 heterocycles. The maximum atomic E-state index is 6.15. The molecule has 0 amide bonds. The van der Waals surface area contributed by atoms with Crippen molar-refractivity contribution >= 4 is 65.7 Å². The molecule has 0 atom stereocenters. The quantitative estimate of drug-likeness (QED) is 0.167. The first-order chi connectivity index (χ1) is 31.2. The molecule has 0 unspecified atom stereocenters. The third kappa shape index (κ3) is 5.67. The molecule has 7 nitrogen and oxygen atoms in total. The van der Waals surface area contributed by atoms with Crippen molar-refractivity contribution < 1.29 is 4.42 Å². The van der Waals surface area contributed by atoms with Crippen LogP contribution in [0, 0.1) is 0 Å². The fourth-order valence-corrected chi connectivity index (χ4v) is 9.30. The summed E-state index contributed by atoms with van der Waals surface area (Å²) in [4.78, 5) is 19.8. The van der Waals surface area contributed by atoms with E-state index in [1.54, 1.807) is 0 Å². The van der Waals surface area contributed by atoms with Gasteiger partial charge in [-0.25, -0.2) is 4.98 Å². The number of nitrogens with zero attached hydrogens (tertiary/aromatic N) is 6. The van der Waals surface area contributed by atoms with Crippen LogP contribution in [0.5, 0.6) is 0 Å². The largest absolute Gasteiger partial charge is 0.454 e. The molecule has 0 spiro atoms. The summed E-state index contributed by atoms with van der Waals surface area (Å²) in [6.07, 6.45) is 1.82. The van der Waals surface area contributed by atoms with E-state index in [1.807, 2.05) is 79.0 Å². The molecule has 13 rings (SSSR count). The number of furan rings is 1. The molecule has 0 aliphatic rings. The van der Waals surface area contributed by atoms with Gasteiger partial charge in [0.2, 0.25) is 5.95 Å². The van der Waals surface area contributed by atoms with Crippen LogP contribution < -0.4 is 0 Å². The zero-order valence-electron chi connectivity index (χ0n) is 33.7. The fraction of sp³-hybridized carbons (Fsp3) is 0. The monoisotopic (exact) mass is 806 g/mol. The minimum atomic E-state index is 0.575. The van der Waals surface area contributed by atoms with Crippen molar-refractivity contribution in [2.75, 3.05) is 0 Å². The average molecular weight is 807 g/mol. The molecule has 0 bridgehead atoms. The third-order valence-corrected chi connectivity index (χ3v) is 12.2. The smallest absolute Gasteiger partial charge is 0.238 e. The number of hydrogen-bond acceptors (Lipinski definition) is 5. The predicted octanol–water partition coefficient (Wildman–Crippen LogP) is 14.0. The van der Waals surface area contributed by atoms with Gasteiger partial charge in [-0.15, -0.1) is 0 Å². The van der Waals surface area contributed by atoms with Crippen molar-refractivity contribution in [1.29, 1.82) is 0 Å². The third-order valence-electron chi connectivity index (χ3n) is 12.2. The van der Waals surface area contributed by atoms with Crippen molar-refractivity contribution in [2.45, 2.75) is 0 Å². The zero-order valence-corrected chi connectivity index (χ0v) is 33.7. The van der Waals surface area contributed by atoms with E-state index in [4.69, 9.17) is 19.4 Å². The molecule has 63 heavy (non-hydrogen) atoms. The molecule has 0 saturated heterocycles. The Morgan fingerprint density at radius 2 is 0.921 bits per heavy atom. The Hall–Kier alpha value is -8.68. The summed E-state index contributed by atoms with van der Waals surface area (Å²) in [5, 5.41) is 5.66. The second-order valence-corrected chi connectivity index (χ2v) is 15.9. The van der Waals surface area contributed by atoms with Gasteiger partial charge in [-0.05, 0) is 89.0 Å². The molecule has 0 radical (unpaired) electrons. The second-order valence-electron chi connectivity index (χ2n) is 15.9. The molecule has 0 aliphatic carbocycles. The first kappa shape index (κ1) is 35.1. The van der Waals surface area contributed by atoms with Crippen LogP contribution in [0.4, 0.5) is 0 Å². The summed E-state index contributed by atoms with van der Waals surface area (Å²) in [7, 11) is 0. The molecule has 13 aromatic rings. The molecule has 294 valence electrons. The maximum Gasteiger partial charge on any atom is 0.238 e. The number of fused-ring (bicyclic) bond motifs is 9. The number of pyridine rings is 1. The number of hydrogen-bond donors (Lipinski definition) is 0. The topological polar surface area (TPSA) is 74.6 Å². The number of rotatable bonds is 6. The van der Waals surface area contributed by atoms with E-state index in [0.29, 0.717) is 17.6 Å². The Morgan fingerprint density at radius 1 is 0.333 bits per heavy atom. The summed E-state index contributed by atoms with van der Waals surface area (Å²) in [6, 6.07) is 70.0. The Balaban J connectivity index is 0.937. The van der Waals surface area contributed by atoms with Crippen LogP contribution in [0.15, 0.2) is 211 Å². The minimum Gasteiger partial charge on any atom is -0.454 e. The molecular formula is C56H34N6O. The van der Waals surface area contributed by atoms with E-state index in [2.05, 4.69) is 142 Å². The summed E-state index contributed by atoms with van der Waals surface area (Å²) in [5.41, 5.74) is 14.3. The van der Waals surface area contributed by atoms with E-state index < -0.39 is 0 Å². The number of aromatic nitrogens is 6. The van der Waals surface area contributed by atoms with Crippen LogP contribution >= 0.6 is 0 Å². The van der Waals surface area contributed by atoms with Gasteiger partial charge in [0, 0.05) is 49.9 Å². The fourth-order valence-electron chi connectivity index (χ4n) is 9.30. The normalized spacial score (nSPS) is 11.8. The Labute approximate surface area is 360 Å². The molecule has 0 aliphatic heterocycles. The second kappa shape index (κ2) is 13.9. The van der Waals surface area contributed by atoms with Gasteiger partial charge in [0.15, 0.2) is 17.2 Å². The highest BCUT2D eigenvalue weighted by Crippen LogP contribution is 2.39. The molecule has 0 fully saturated rings. The molecule has 0 saturated carbocycles. The highest BCUT2D eigenvalue weighted by molar-refractivity contribution is 6.12. The van der Waals surface area contributed by atoms with Gasteiger partial charge in [-0.2, -0.15) is 9.97 Å². The number of benzene rings is 8. The lowest BCUT2D eigenvalue weighted by Crippen LogP contribution is -2.06. The minimum absolute atomic E-state index is 0.575. The first-order valence-corrected chi connectivity index (χ1v) is 21.0. The summed E-state index contributed by atoms with van der Waals surface area (Å²) < 4.78 is 10.7. The Morgan fingerprint density at radius 3 is 1.67 bits per heavy atom. The predicted molar refractivity (Wildman–Crippen MR) is 255 cm³/mol. The molecule has 0 N–H and O–H groups in total. The highest BCUT2D eigenvalue weighted by Gasteiger charge is 2.20. The lowest BCUT2D eigenvalue weighted by molar-refractivity contribution is 0.668. The van der Waals surface area contributed by atoms with Gasteiger partial charge in [-0.3, -0.25) is 9.55 Å². The van der Waals surface area contributed by atoms with Gasteiger partial charge >= 0.3 is 0 Å². The van der Waals surface area contributed by atoms with Crippen LogP contribution in [0.2, 0.25) is 0 Å². The van der Waals surface area contributed by atoms with Crippen LogP contribution in [0.1, 0.15) is 0 Å². The van der Waals surface area contributed by atoms with Crippen molar-refractivity contribution in [2.24, 2.45) is 0 Å². The summed E-state index contributed by atoms with van der Waals surface area (Å²) in [5.74, 6) is 1.83. The van der Waals surface area contributed by atoms with Crippen LogP contribution in [0.25, 0.3) is 122 Å². The zero-order chi connectivity index (χ0) is 41.4. The highest BCUT2D eigenvalue weighted by atomic mass is 16.3. The van der Waals surface area contributed by atoms with Crippen LogP contribution in [0.3, 0.4) is 0 Å². The van der Waals surface area contributed by atoms with E-state index in [-0.39, 0.29) is 0 Å². The first-order valence-electron chi connectivity index (χ1n) is 21.0. The summed E-state index contributed by atoms with van der Waals surface area (Å²) >= 11 is 0. The van der Waals surface area contributed by atoms with Crippen LogP contribution in [-0.2, 0) is 0 Å². The SMILES string of the molecule is c1ccc(-c2nc(-c3ccccc3)nc(-n3c4ccccc4c4cc(-c5cccc(-c6ccc7c8ccccc8n(-c8ccc9oc%10cccnc%10c9c8)c7c6)c5)ccc43)n2)cc1. The van der Waals surface area contributed by atoms with E-state index >= 15 is 0 Å². The molecule has 8 aromatic carbocycles. The Kier molecular flexibility index (Phi) is 7.77. The lowest BCUT2D eigenvalue weighted by atomic mass is 9.97. The van der Waals surface area contributed by atoms with Crippen molar-refractivity contribution in [3.63, 3.8) is 0 Å². The molecule has 5 aromatic heterocycles. The molecular weight excluding hydrogens is 773 g/mol.